The van der Waals surface area contributed by atoms with Crippen molar-refractivity contribution in [3.8, 4) is 0 Å². The van der Waals surface area contributed by atoms with Crippen LogP contribution in [0.4, 0.5) is 17.6 Å². The summed E-state index contributed by atoms with van der Waals surface area (Å²) < 4.78 is 51.2. The maximum atomic E-state index is 13.2. The molecule has 3 rings (SSSR count). The molecule has 2 aliphatic rings. The van der Waals surface area contributed by atoms with Gasteiger partial charge >= 0.3 is 6.18 Å². The number of halogens is 4. The summed E-state index contributed by atoms with van der Waals surface area (Å²) in [7, 11) is 0. The summed E-state index contributed by atoms with van der Waals surface area (Å²) in [4.78, 5) is 0. The van der Waals surface area contributed by atoms with Crippen LogP contribution in [-0.2, 0) is 6.18 Å². The van der Waals surface area contributed by atoms with Crippen molar-refractivity contribution < 1.29 is 17.6 Å². The fourth-order valence-electron chi connectivity index (χ4n) is 3.60. The van der Waals surface area contributed by atoms with Gasteiger partial charge in [0.1, 0.15) is 5.82 Å². The smallest absolute Gasteiger partial charge is 0.324 e. The number of hydrogen-bond acceptors (Lipinski definition) is 1. The van der Waals surface area contributed by atoms with Crippen molar-refractivity contribution in [3.63, 3.8) is 0 Å². The molecular weight excluding hydrogens is 258 g/mol. The van der Waals surface area contributed by atoms with Crippen LogP contribution in [0, 0.1) is 23.6 Å². The van der Waals surface area contributed by atoms with Crippen LogP contribution in [-0.4, -0.2) is 0 Å². The Morgan fingerprint density at radius 1 is 1.16 bits per heavy atom. The lowest BCUT2D eigenvalue weighted by Gasteiger charge is -2.16. The number of nitrogens with two attached hydrogens (primary N) is 1. The average molecular weight is 273 g/mol. The molecule has 2 aliphatic carbocycles. The van der Waals surface area contributed by atoms with E-state index in [0.29, 0.717) is 17.4 Å². The molecular formula is C14H15F4N. The van der Waals surface area contributed by atoms with Crippen LogP contribution in [0.15, 0.2) is 18.2 Å². The molecule has 2 N–H and O–H groups in total. The summed E-state index contributed by atoms with van der Waals surface area (Å²) in [6, 6.07) is 2.71. The van der Waals surface area contributed by atoms with E-state index in [1.807, 2.05) is 0 Å². The molecule has 1 nitrogen and oxygen atoms in total. The van der Waals surface area contributed by atoms with E-state index in [9.17, 15) is 17.6 Å². The number of hydrogen-bond donors (Lipinski definition) is 1. The highest BCUT2D eigenvalue weighted by Gasteiger charge is 2.55. The first-order valence-corrected chi connectivity index (χ1v) is 6.52. The third-order valence-electron chi connectivity index (χ3n) is 4.57. The second kappa shape index (κ2) is 4.20. The lowest BCUT2D eigenvalue weighted by atomic mass is 9.96. The molecule has 0 bridgehead atoms. The van der Waals surface area contributed by atoms with Crippen molar-refractivity contribution in [2.24, 2.45) is 23.5 Å². The van der Waals surface area contributed by atoms with Gasteiger partial charge in [0.2, 0.25) is 0 Å². The lowest BCUT2D eigenvalue weighted by Crippen LogP contribution is -2.17. The van der Waals surface area contributed by atoms with Gasteiger partial charge in [-0.05, 0) is 48.3 Å². The molecule has 0 spiro atoms. The number of rotatable bonds is 2. The van der Waals surface area contributed by atoms with Gasteiger partial charge in [-0.15, -0.1) is 0 Å². The normalized spacial score (nSPS) is 31.1. The Morgan fingerprint density at radius 2 is 1.79 bits per heavy atom. The molecule has 0 amide bonds. The highest BCUT2D eigenvalue weighted by Crippen LogP contribution is 2.61. The monoisotopic (exact) mass is 273 g/mol. The summed E-state index contributed by atoms with van der Waals surface area (Å²) in [5.41, 5.74) is 5.24. The third kappa shape index (κ3) is 2.14. The van der Waals surface area contributed by atoms with Crippen molar-refractivity contribution in [2.45, 2.75) is 31.5 Å². The second-order valence-corrected chi connectivity index (χ2v) is 5.60. The molecule has 5 heteroatoms. The van der Waals surface area contributed by atoms with Crippen LogP contribution in [0.3, 0.4) is 0 Å². The van der Waals surface area contributed by atoms with Crippen molar-refractivity contribution in [1.29, 1.82) is 0 Å². The predicted molar refractivity (Wildman–Crippen MR) is 62.7 cm³/mol. The topological polar surface area (TPSA) is 26.0 Å². The van der Waals surface area contributed by atoms with Crippen LogP contribution in [0.1, 0.15) is 36.4 Å². The van der Waals surface area contributed by atoms with E-state index in [-0.39, 0.29) is 5.92 Å². The van der Waals surface area contributed by atoms with E-state index in [1.165, 1.54) is 12.5 Å². The molecule has 2 fully saturated rings. The largest absolute Gasteiger partial charge is 0.419 e. The van der Waals surface area contributed by atoms with E-state index in [1.54, 1.807) is 0 Å². The van der Waals surface area contributed by atoms with Crippen LogP contribution in [0.25, 0.3) is 0 Å². The zero-order valence-corrected chi connectivity index (χ0v) is 10.3. The van der Waals surface area contributed by atoms with Gasteiger partial charge in [0.05, 0.1) is 5.56 Å². The molecule has 0 radical (unpaired) electrons. The van der Waals surface area contributed by atoms with Gasteiger partial charge in [-0.3, -0.25) is 0 Å². The van der Waals surface area contributed by atoms with Crippen LogP contribution in [0.5, 0.6) is 0 Å². The summed E-state index contributed by atoms with van der Waals surface area (Å²) in [6.07, 6.45) is -1.23. The molecule has 3 atom stereocenters. The molecule has 0 aromatic heterocycles. The minimum atomic E-state index is -4.67. The Morgan fingerprint density at radius 3 is 2.37 bits per heavy atom. The van der Waals surface area contributed by atoms with Gasteiger partial charge in [-0.25, -0.2) is 4.39 Å². The summed E-state index contributed by atoms with van der Waals surface area (Å²) in [6.45, 7) is 0. The summed E-state index contributed by atoms with van der Waals surface area (Å²) >= 11 is 0. The quantitative estimate of drug-likeness (QED) is 0.813. The van der Waals surface area contributed by atoms with E-state index < -0.39 is 23.6 Å². The van der Waals surface area contributed by atoms with Crippen LogP contribution in [0.2, 0.25) is 0 Å². The van der Waals surface area contributed by atoms with Gasteiger partial charge in [0.25, 0.3) is 0 Å². The molecule has 0 saturated heterocycles. The van der Waals surface area contributed by atoms with Gasteiger partial charge in [0.15, 0.2) is 0 Å². The first-order chi connectivity index (χ1) is 8.89. The average Bonchev–Trinajstić information content (AvgIpc) is 2.80. The van der Waals surface area contributed by atoms with Crippen molar-refractivity contribution in [1.82, 2.24) is 0 Å². The molecule has 1 aromatic rings. The van der Waals surface area contributed by atoms with Crippen LogP contribution >= 0.6 is 0 Å². The molecule has 2 saturated carbocycles. The minimum Gasteiger partial charge on any atom is -0.324 e. The molecule has 3 unspecified atom stereocenters. The zero-order valence-electron chi connectivity index (χ0n) is 10.3. The van der Waals surface area contributed by atoms with E-state index in [0.717, 1.165) is 25.0 Å². The van der Waals surface area contributed by atoms with Crippen LogP contribution < -0.4 is 5.73 Å². The Hall–Kier alpha value is -1.10. The first kappa shape index (κ1) is 12.9. The highest BCUT2D eigenvalue weighted by molar-refractivity contribution is 5.31. The molecule has 1 aromatic carbocycles. The van der Waals surface area contributed by atoms with Gasteiger partial charge < -0.3 is 5.73 Å². The minimum absolute atomic E-state index is 0.278. The molecule has 104 valence electrons. The third-order valence-corrected chi connectivity index (χ3v) is 4.57. The van der Waals surface area contributed by atoms with Gasteiger partial charge in [-0.1, -0.05) is 12.5 Å². The zero-order chi connectivity index (χ0) is 13.8. The van der Waals surface area contributed by atoms with E-state index in [2.05, 4.69) is 0 Å². The van der Waals surface area contributed by atoms with Gasteiger partial charge in [-0.2, -0.15) is 13.2 Å². The fraction of sp³-hybridized carbons (Fsp3) is 0.571. The standard InChI is InChI=1S/C14H15F4N/c15-11-5-4-7(6-10(11)14(16,17)18)13(19)12-8-2-1-3-9(8)12/h4-6,8-9,12-13H,1-3,19H2. The maximum absolute atomic E-state index is 13.2. The fourth-order valence-corrected chi connectivity index (χ4v) is 3.60. The van der Waals surface area contributed by atoms with Crippen molar-refractivity contribution >= 4 is 0 Å². The summed E-state index contributed by atoms with van der Waals surface area (Å²) in [5.74, 6) is 0.170. The Kier molecular flexibility index (Phi) is 2.85. The van der Waals surface area contributed by atoms with Gasteiger partial charge in [0, 0.05) is 6.04 Å². The van der Waals surface area contributed by atoms with E-state index in [4.69, 9.17) is 5.73 Å². The second-order valence-electron chi connectivity index (χ2n) is 5.60. The highest BCUT2D eigenvalue weighted by atomic mass is 19.4. The molecule has 19 heavy (non-hydrogen) atoms. The summed E-state index contributed by atoms with van der Waals surface area (Å²) in [5, 5.41) is 0. The number of alkyl halides is 3. The molecule has 0 aliphatic heterocycles. The lowest BCUT2D eigenvalue weighted by molar-refractivity contribution is -0.140. The Bertz CT molecular complexity index is 487. The Labute approximate surface area is 108 Å². The van der Waals surface area contributed by atoms with Crippen molar-refractivity contribution in [2.75, 3.05) is 0 Å². The Balaban J connectivity index is 1.85. The number of benzene rings is 1. The predicted octanol–water partition coefficient (Wildman–Crippen LogP) is 3.89. The SMILES string of the molecule is NC(c1ccc(F)c(C(F)(F)F)c1)C1C2CCCC21. The van der Waals surface area contributed by atoms with E-state index >= 15 is 0 Å². The first-order valence-electron chi connectivity index (χ1n) is 6.52. The molecule has 0 heterocycles. The maximum Gasteiger partial charge on any atom is 0.419 e. The number of fused-ring (bicyclic) bond motifs is 1. The van der Waals surface area contributed by atoms with Crippen molar-refractivity contribution in [3.05, 3.63) is 35.1 Å².